The number of ether oxygens (including phenoxy) is 4. The molecule has 1 aromatic heterocycles. The van der Waals surface area contributed by atoms with E-state index in [4.69, 9.17) is 23.4 Å². The highest BCUT2D eigenvalue weighted by molar-refractivity contribution is 5.99. The fraction of sp³-hybridized carbons (Fsp3) is 0.429. The molecule has 196 valence electrons. The molecule has 1 amide bonds. The maximum atomic E-state index is 13.9. The molecule has 3 aromatic rings. The summed E-state index contributed by atoms with van der Waals surface area (Å²) >= 11 is 0. The van der Waals surface area contributed by atoms with Gasteiger partial charge >= 0.3 is 0 Å². The van der Waals surface area contributed by atoms with E-state index in [1.807, 2.05) is 13.0 Å². The molecule has 0 spiro atoms. The normalized spacial score (nSPS) is 17.8. The molecule has 9 nitrogen and oxygen atoms in total. The van der Waals surface area contributed by atoms with E-state index >= 15 is 0 Å². The van der Waals surface area contributed by atoms with Crippen LogP contribution in [0.15, 0.2) is 39.5 Å². The summed E-state index contributed by atoms with van der Waals surface area (Å²) < 4.78 is 28.2. The first-order valence-corrected chi connectivity index (χ1v) is 12.4. The fourth-order valence-corrected chi connectivity index (χ4v) is 5.26. The molecule has 0 N–H and O–H groups in total. The number of aryl methyl sites for hydroxylation is 1. The highest BCUT2D eigenvalue weighted by Gasteiger charge is 2.43. The number of morpholine rings is 1. The van der Waals surface area contributed by atoms with Gasteiger partial charge in [0.05, 0.1) is 51.5 Å². The highest BCUT2D eigenvalue weighted by atomic mass is 16.5. The second-order valence-electron chi connectivity index (χ2n) is 9.34. The van der Waals surface area contributed by atoms with Crippen LogP contribution in [0.4, 0.5) is 0 Å². The molecule has 3 heterocycles. The third-order valence-electron chi connectivity index (χ3n) is 7.10. The first-order valence-electron chi connectivity index (χ1n) is 12.4. The van der Waals surface area contributed by atoms with Crippen LogP contribution in [-0.4, -0.2) is 76.4 Å². The number of amides is 1. The Hall–Kier alpha value is -3.56. The standard InChI is InChI=1S/C28H32N2O7/c1-17-6-7-20-19(14-17)25(31)23-24(18-15-21(33-2)26(35-4)22(16-18)34-3)30(28(32)27(23)37-20)9-5-8-29-10-12-36-13-11-29/h6-7,14-16,24H,5,8-13H2,1-4H3. The molecule has 37 heavy (non-hydrogen) atoms. The van der Waals surface area contributed by atoms with Crippen molar-refractivity contribution in [3.8, 4) is 17.2 Å². The van der Waals surface area contributed by atoms with Crippen molar-refractivity contribution in [2.75, 3.05) is 60.7 Å². The molecule has 0 radical (unpaired) electrons. The van der Waals surface area contributed by atoms with Gasteiger partial charge in [-0.25, -0.2) is 0 Å². The van der Waals surface area contributed by atoms with Crippen LogP contribution in [0, 0.1) is 6.92 Å². The topological polar surface area (TPSA) is 90.7 Å². The third kappa shape index (κ3) is 4.53. The number of nitrogens with zero attached hydrogens (tertiary/aromatic N) is 2. The molecule has 1 unspecified atom stereocenters. The zero-order valence-corrected chi connectivity index (χ0v) is 21.7. The summed E-state index contributed by atoms with van der Waals surface area (Å²) in [7, 11) is 4.62. The Balaban J connectivity index is 1.61. The van der Waals surface area contributed by atoms with Crippen LogP contribution in [0.25, 0.3) is 11.0 Å². The number of hydrogen-bond donors (Lipinski definition) is 0. The van der Waals surface area contributed by atoms with Crippen molar-refractivity contribution in [2.24, 2.45) is 0 Å². The highest BCUT2D eigenvalue weighted by Crippen LogP contribution is 2.45. The molecule has 1 atom stereocenters. The Kier molecular flexibility index (Phi) is 7.08. The summed E-state index contributed by atoms with van der Waals surface area (Å²) in [6.07, 6.45) is 0.744. The van der Waals surface area contributed by atoms with Crippen LogP contribution in [-0.2, 0) is 4.74 Å². The lowest BCUT2D eigenvalue weighted by Crippen LogP contribution is -2.38. The van der Waals surface area contributed by atoms with Crippen LogP contribution in [0.2, 0.25) is 0 Å². The van der Waals surface area contributed by atoms with Crippen LogP contribution in [0.5, 0.6) is 17.2 Å². The summed E-state index contributed by atoms with van der Waals surface area (Å²) in [6.45, 7) is 6.38. The molecule has 2 aliphatic heterocycles. The lowest BCUT2D eigenvalue weighted by molar-refractivity contribution is 0.0353. The average molecular weight is 509 g/mol. The molecule has 0 aliphatic carbocycles. The Bertz CT molecular complexity index is 1350. The minimum atomic E-state index is -0.651. The van der Waals surface area contributed by atoms with Crippen molar-refractivity contribution in [2.45, 2.75) is 19.4 Å². The number of fused-ring (bicyclic) bond motifs is 2. The quantitative estimate of drug-likeness (QED) is 0.457. The third-order valence-corrected chi connectivity index (χ3v) is 7.10. The van der Waals surface area contributed by atoms with Gasteiger partial charge in [-0.05, 0) is 43.2 Å². The van der Waals surface area contributed by atoms with Crippen molar-refractivity contribution < 1.29 is 28.2 Å². The maximum Gasteiger partial charge on any atom is 0.290 e. The van der Waals surface area contributed by atoms with Crippen molar-refractivity contribution in [1.29, 1.82) is 0 Å². The van der Waals surface area contributed by atoms with E-state index in [2.05, 4.69) is 4.90 Å². The van der Waals surface area contributed by atoms with E-state index in [-0.39, 0.29) is 17.1 Å². The van der Waals surface area contributed by atoms with Gasteiger partial charge in [0, 0.05) is 26.2 Å². The summed E-state index contributed by atoms with van der Waals surface area (Å²) in [6, 6.07) is 8.36. The van der Waals surface area contributed by atoms with Crippen molar-refractivity contribution in [3.63, 3.8) is 0 Å². The Morgan fingerprint density at radius 1 is 0.946 bits per heavy atom. The van der Waals surface area contributed by atoms with Crippen molar-refractivity contribution in [3.05, 3.63) is 63.0 Å². The zero-order chi connectivity index (χ0) is 26.1. The monoisotopic (exact) mass is 508 g/mol. The summed E-state index contributed by atoms with van der Waals surface area (Å²) in [5.41, 5.74) is 2.16. The second kappa shape index (κ2) is 10.4. The smallest absolute Gasteiger partial charge is 0.290 e. The van der Waals surface area contributed by atoms with Gasteiger partial charge in [-0.3, -0.25) is 14.5 Å². The van der Waals surface area contributed by atoms with Gasteiger partial charge < -0.3 is 28.3 Å². The van der Waals surface area contributed by atoms with E-state index in [0.29, 0.717) is 59.1 Å². The van der Waals surface area contributed by atoms with Gasteiger partial charge in [-0.2, -0.15) is 0 Å². The number of hydrogen-bond acceptors (Lipinski definition) is 8. The van der Waals surface area contributed by atoms with Gasteiger partial charge in [0.1, 0.15) is 5.58 Å². The van der Waals surface area contributed by atoms with E-state index in [0.717, 1.165) is 31.6 Å². The summed E-state index contributed by atoms with van der Waals surface area (Å²) in [4.78, 5) is 31.6. The Labute approximate surface area is 215 Å². The summed E-state index contributed by atoms with van der Waals surface area (Å²) in [5.74, 6) is 1.14. The number of methoxy groups -OCH3 is 3. The zero-order valence-electron chi connectivity index (χ0n) is 21.7. The fourth-order valence-electron chi connectivity index (χ4n) is 5.26. The predicted molar refractivity (Wildman–Crippen MR) is 138 cm³/mol. The second-order valence-corrected chi connectivity index (χ2v) is 9.34. The number of carbonyl (C=O) groups is 1. The molecule has 9 heteroatoms. The molecular formula is C28H32N2O7. The average Bonchev–Trinajstić information content (AvgIpc) is 3.20. The predicted octanol–water partition coefficient (Wildman–Crippen LogP) is 3.39. The van der Waals surface area contributed by atoms with Gasteiger partial charge in [-0.15, -0.1) is 0 Å². The van der Waals surface area contributed by atoms with Crippen molar-refractivity contribution >= 4 is 16.9 Å². The van der Waals surface area contributed by atoms with Crippen LogP contribution < -0.4 is 19.6 Å². The number of benzene rings is 2. The molecule has 1 fully saturated rings. The van der Waals surface area contributed by atoms with Crippen LogP contribution in [0.1, 0.15) is 39.7 Å². The van der Waals surface area contributed by atoms with E-state index in [9.17, 15) is 9.59 Å². The Morgan fingerprint density at radius 3 is 2.30 bits per heavy atom. The number of carbonyl (C=O) groups excluding carboxylic acids is 1. The Morgan fingerprint density at radius 2 is 1.65 bits per heavy atom. The van der Waals surface area contributed by atoms with Gasteiger partial charge in [0.2, 0.25) is 11.5 Å². The van der Waals surface area contributed by atoms with Crippen LogP contribution >= 0.6 is 0 Å². The lowest BCUT2D eigenvalue weighted by atomic mass is 9.97. The summed E-state index contributed by atoms with van der Waals surface area (Å²) in [5, 5.41) is 0.458. The van der Waals surface area contributed by atoms with Crippen LogP contribution in [0.3, 0.4) is 0 Å². The minimum Gasteiger partial charge on any atom is -0.493 e. The molecule has 1 saturated heterocycles. The molecular weight excluding hydrogens is 476 g/mol. The van der Waals surface area contributed by atoms with Gasteiger partial charge in [-0.1, -0.05) is 11.6 Å². The lowest BCUT2D eigenvalue weighted by Gasteiger charge is -2.29. The first-order chi connectivity index (χ1) is 18.0. The molecule has 0 saturated carbocycles. The van der Waals surface area contributed by atoms with E-state index in [1.165, 1.54) is 7.11 Å². The number of rotatable bonds is 8. The van der Waals surface area contributed by atoms with Gasteiger partial charge in [0.15, 0.2) is 16.9 Å². The molecule has 2 aromatic carbocycles. The van der Waals surface area contributed by atoms with E-state index < -0.39 is 6.04 Å². The first kappa shape index (κ1) is 25.1. The van der Waals surface area contributed by atoms with Crippen molar-refractivity contribution in [1.82, 2.24) is 9.80 Å². The minimum absolute atomic E-state index is 0.0893. The molecule has 0 bridgehead atoms. The largest absolute Gasteiger partial charge is 0.493 e. The molecule has 2 aliphatic rings. The maximum absolute atomic E-state index is 13.9. The van der Waals surface area contributed by atoms with E-state index in [1.54, 1.807) is 43.4 Å². The SMILES string of the molecule is COc1cc(C2c3c(oc4ccc(C)cc4c3=O)C(=O)N2CCCN2CCOCC2)cc(OC)c1OC. The molecule has 5 rings (SSSR count). The van der Waals surface area contributed by atoms with Gasteiger partial charge in [0.25, 0.3) is 5.91 Å².